The lowest BCUT2D eigenvalue weighted by Gasteiger charge is -2.17. The van der Waals surface area contributed by atoms with E-state index in [1.54, 1.807) is 32.2 Å². The number of nitro groups is 1. The lowest BCUT2D eigenvalue weighted by atomic mass is 10.0. The van der Waals surface area contributed by atoms with Crippen molar-refractivity contribution in [2.75, 3.05) is 14.2 Å². The fourth-order valence-electron chi connectivity index (χ4n) is 2.55. The molecule has 0 saturated heterocycles. The van der Waals surface area contributed by atoms with Gasteiger partial charge in [0.25, 0.3) is 11.6 Å². The van der Waals surface area contributed by atoms with Gasteiger partial charge in [-0.1, -0.05) is 12.1 Å². The first-order chi connectivity index (χ1) is 11.9. The zero-order valence-corrected chi connectivity index (χ0v) is 14.5. The number of hydrogen-bond acceptors (Lipinski definition) is 5. The molecule has 7 nitrogen and oxygen atoms in total. The Bertz CT molecular complexity index is 804. The molecule has 0 aliphatic rings. The maximum absolute atomic E-state index is 12.5. The summed E-state index contributed by atoms with van der Waals surface area (Å²) in [5.41, 5.74) is 1.37. The van der Waals surface area contributed by atoms with Gasteiger partial charge in [0.15, 0.2) is 11.5 Å². The first-order valence-corrected chi connectivity index (χ1v) is 7.65. The molecule has 0 bridgehead atoms. The standard InChI is InChI=1S/C18H20N2O5/c1-11-14(6-5-7-15(11)20(22)23)18(21)19-12(2)13-8-9-16(24-3)17(10-13)25-4/h5-10,12H,1-4H3,(H,19,21). The first-order valence-electron chi connectivity index (χ1n) is 7.65. The van der Waals surface area contributed by atoms with Gasteiger partial charge >= 0.3 is 0 Å². The molecule has 1 unspecified atom stereocenters. The van der Waals surface area contributed by atoms with Crippen LogP contribution in [-0.2, 0) is 0 Å². The number of benzene rings is 2. The number of carbonyl (C=O) groups is 1. The molecule has 1 amide bonds. The number of ether oxygens (including phenoxy) is 2. The predicted molar refractivity (Wildman–Crippen MR) is 93.3 cm³/mol. The fourth-order valence-corrected chi connectivity index (χ4v) is 2.55. The van der Waals surface area contributed by atoms with Crippen LogP contribution in [0.15, 0.2) is 36.4 Å². The molecule has 0 spiro atoms. The molecule has 2 aromatic rings. The van der Waals surface area contributed by atoms with E-state index in [0.717, 1.165) is 5.56 Å². The van der Waals surface area contributed by atoms with Crippen molar-refractivity contribution in [1.82, 2.24) is 5.32 Å². The first kappa shape index (κ1) is 18.3. The third-order valence-corrected chi connectivity index (χ3v) is 4.00. The highest BCUT2D eigenvalue weighted by Gasteiger charge is 2.20. The Labute approximate surface area is 145 Å². The summed E-state index contributed by atoms with van der Waals surface area (Å²) < 4.78 is 10.5. The normalized spacial score (nSPS) is 11.5. The Morgan fingerprint density at radius 1 is 1.16 bits per heavy atom. The van der Waals surface area contributed by atoms with Crippen LogP contribution in [-0.4, -0.2) is 25.1 Å². The molecule has 0 heterocycles. The maximum atomic E-state index is 12.5. The van der Waals surface area contributed by atoms with Crippen LogP contribution in [0.3, 0.4) is 0 Å². The Kier molecular flexibility index (Phi) is 5.59. The average molecular weight is 344 g/mol. The van der Waals surface area contributed by atoms with E-state index < -0.39 is 4.92 Å². The summed E-state index contributed by atoms with van der Waals surface area (Å²) in [4.78, 5) is 23.0. The van der Waals surface area contributed by atoms with Crippen LogP contribution in [0.5, 0.6) is 11.5 Å². The average Bonchev–Trinajstić information content (AvgIpc) is 2.60. The molecule has 1 N–H and O–H groups in total. The quantitative estimate of drug-likeness (QED) is 0.640. The van der Waals surface area contributed by atoms with Gasteiger partial charge in [0, 0.05) is 17.2 Å². The highest BCUT2D eigenvalue weighted by atomic mass is 16.6. The van der Waals surface area contributed by atoms with E-state index in [1.807, 2.05) is 13.0 Å². The third-order valence-electron chi connectivity index (χ3n) is 4.00. The molecule has 0 radical (unpaired) electrons. The third kappa shape index (κ3) is 3.88. The Morgan fingerprint density at radius 3 is 2.44 bits per heavy atom. The van der Waals surface area contributed by atoms with E-state index in [9.17, 15) is 14.9 Å². The minimum atomic E-state index is -0.496. The summed E-state index contributed by atoms with van der Waals surface area (Å²) in [6.45, 7) is 3.39. The lowest BCUT2D eigenvalue weighted by Crippen LogP contribution is -2.27. The van der Waals surface area contributed by atoms with Crippen molar-refractivity contribution in [2.24, 2.45) is 0 Å². The maximum Gasteiger partial charge on any atom is 0.273 e. The minimum Gasteiger partial charge on any atom is -0.493 e. The van der Waals surface area contributed by atoms with Crippen LogP contribution >= 0.6 is 0 Å². The molecule has 0 aromatic heterocycles. The van der Waals surface area contributed by atoms with Crippen LogP contribution in [0, 0.1) is 17.0 Å². The van der Waals surface area contributed by atoms with Crippen molar-refractivity contribution in [2.45, 2.75) is 19.9 Å². The number of nitrogens with zero attached hydrogens (tertiary/aromatic N) is 1. The van der Waals surface area contributed by atoms with E-state index in [0.29, 0.717) is 17.1 Å². The number of nitro benzene ring substituents is 1. The second-order valence-corrected chi connectivity index (χ2v) is 5.52. The van der Waals surface area contributed by atoms with Crippen molar-refractivity contribution in [3.8, 4) is 11.5 Å². The number of methoxy groups -OCH3 is 2. The Morgan fingerprint density at radius 2 is 1.84 bits per heavy atom. The smallest absolute Gasteiger partial charge is 0.273 e. The molecule has 0 aliphatic carbocycles. The van der Waals surface area contributed by atoms with E-state index in [-0.39, 0.29) is 23.2 Å². The summed E-state index contributed by atoms with van der Waals surface area (Å²) in [7, 11) is 3.09. The molecule has 25 heavy (non-hydrogen) atoms. The van der Waals surface area contributed by atoms with Crippen LogP contribution in [0.25, 0.3) is 0 Å². The fraction of sp³-hybridized carbons (Fsp3) is 0.278. The predicted octanol–water partition coefficient (Wildman–Crippen LogP) is 3.41. The molecular weight excluding hydrogens is 324 g/mol. The van der Waals surface area contributed by atoms with Gasteiger partial charge in [-0.2, -0.15) is 0 Å². The summed E-state index contributed by atoms with van der Waals surface area (Å²) >= 11 is 0. The molecule has 7 heteroatoms. The molecule has 132 valence electrons. The van der Waals surface area contributed by atoms with E-state index >= 15 is 0 Å². The SMILES string of the molecule is COc1ccc(C(C)NC(=O)c2cccc([N+](=O)[O-])c2C)cc1OC. The van der Waals surface area contributed by atoms with E-state index in [1.165, 1.54) is 19.2 Å². The number of hydrogen-bond donors (Lipinski definition) is 1. The van der Waals surface area contributed by atoms with Crippen molar-refractivity contribution >= 4 is 11.6 Å². The summed E-state index contributed by atoms with van der Waals surface area (Å²) in [5.74, 6) is 0.787. The number of amides is 1. The summed E-state index contributed by atoms with van der Waals surface area (Å²) in [6.07, 6.45) is 0. The second kappa shape index (κ2) is 7.65. The van der Waals surface area contributed by atoms with Crippen molar-refractivity contribution in [3.05, 3.63) is 63.2 Å². The highest BCUT2D eigenvalue weighted by Crippen LogP contribution is 2.30. The monoisotopic (exact) mass is 344 g/mol. The van der Waals surface area contributed by atoms with Gasteiger partial charge < -0.3 is 14.8 Å². The van der Waals surface area contributed by atoms with Crippen LogP contribution in [0.1, 0.15) is 34.5 Å². The lowest BCUT2D eigenvalue weighted by molar-refractivity contribution is -0.385. The molecular formula is C18H20N2O5. The van der Waals surface area contributed by atoms with Gasteiger partial charge in [-0.3, -0.25) is 14.9 Å². The number of nitrogens with one attached hydrogen (secondary N) is 1. The van der Waals surface area contributed by atoms with Gasteiger partial charge in [-0.05, 0) is 37.6 Å². The molecule has 0 fully saturated rings. The molecule has 2 rings (SSSR count). The van der Waals surface area contributed by atoms with E-state index in [4.69, 9.17) is 9.47 Å². The van der Waals surface area contributed by atoms with Gasteiger partial charge in [-0.25, -0.2) is 0 Å². The molecule has 2 aromatic carbocycles. The van der Waals surface area contributed by atoms with Gasteiger partial charge in [-0.15, -0.1) is 0 Å². The van der Waals surface area contributed by atoms with Crippen LogP contribution < -0.4 is 14.8 Å². The summed E-state index contributed by atoms with van der Waals surface area (Å²) in [5, 5.41) is 13.9. The van der Waals surface area contributed by atoms with Crippen LogP contribution in [0.2, 0.25) is 0 Å². The van der Waals surface area contributed by atoms with Crippen molar-refractivity contribution in [3.63, 3.8) is 0 Å². The molecule has 1 atom stereocenters. The van der Waals surface area contributed by atoms with Crippen molar-refractivity contribution < 1.29 is 19.2 Å². The zero-order chi connectivity index (χ0) is 18.6. The molecule has 0 saturated carbocycles. The second-order valence-electron chi connectivity index (χ2n) is 5.52. The largest absolute Gasteiger partial charge is 0.493 e. The van der Waals surface area contributed by atoms with Gasteiger partial charge in [0.2, 0.25) is 0 Å². The van der Waals surface area contributed by atoms with Crippen molar-refractivity contribution in [1.29, 1.82) is 0 Å². The van der Waals surface area contributed by atoms with Gasteiger partial charge in [0.05, 0.1) is 25.2 Å². The van der Waals surface area contributed by atoms with Crippen LogP contribution in [0.4, 0.5) is 5.69 Å². The number of carbonyl (C=O) groups excluding carboxylic acids is 1. The molecule has 0 aliphatic heterocycles. The Hall–Kier alpha value is -3.09. The Balaban J connectivity index is 2.24. The summed E-state index contributed by atoms with van der Waals surface area (Å²) in [6, 6.07) is 9.50. The topological polar surface area (TPSA) is 90.7 Å². The van der Waals surface area contributed by atoms with E-state index in [2.05, 4.69) is 5.32 Å². The van der Waals surface area contributed by atoms with Gasteiger partial charge in [0.1, 0.15) is 0 Å². The highest BCUT2D eigenvalue weighted by molar-refractivity contribution is 5.96. The minimum absolute atomic E-state index is 0.0774. The zero-order valence-electron chi connectivity index (χ0n) is 14.5. The number of rotatable bonds is 6.